The van der Waals surface area contributed by atoms with Gasteiger partial charge in [-0.2, -0.15) is 19.6 Å². The van der Waals surface area contributed by atoms with Crippen LogP contribution in [0.4, 0.5) is 11.9 Å². The highest BCUT2D eigenvalue weighted by molar-refractivity contribution is 5.58. The summed E-state index contributed by atoms with van der Waals surface area (Å²) in [6.45, 7) is 3.61. The van der Waals surface area contributed by atoms with E-state index in [0.717, 1.165) is 22.4 Å². The average molecular weight is 454 g/mol. The number of nitrogens with one attached hydrogen (secondary N) is 2. The maximum absolute atomic E-state index is 9.93. The Morgan fingerprint density at radius 1 is 1.09 bits per heavy atom. The van der Waals surface area contributed by atoms with E-state index in [1.807, 2.05) is 32.0 Å². The molecule has 33 heavy (non-hydrogen) atoms. The van der Waals surface area contributed by atoms with Crippen LogP contribution >= 0.6 is 0 Å². The van der Waals surface area contributed by atoms with Crippen molar-refractivity contribution in [2.24, 2.45) is 0 Å². The van der Waals surface area contributed by atoms with Gasteiger partial charge in [-0.15, -0.1) is 0 Å². The molecule has 0 bridgehead atoms. The van der Waals surface area contributed by atoms with Crippen molar-refractivity contribution in [3.05, 3.63) is 54.2 Å². The normalized spacial score (nSPS) is 13.4. The minimum Gasteiger partial charge on any atom is -0.472 e. The summed E-state index contributed by atoms with van der Waals surface area (Å²) in [5, 5.41) is 39.3. The first-order chi connectivity index (χ1) is 16.0. The van der Waals surface area contributed by atoms with Crippen LogP contribution in [0.25, 0.3) is 16.9 Å². The van der Waals surface area contributed by atoms with Gasteiger partial charge in [0.25, 0.3) is 0 Å². The minimum atomic E-state index is -1.17. The Balaban J connectivity index is 1.60. The Morgan fingerprint density at radius 3 is 2.58 bits per heavy atom. The molecule has 0 fully saturated rings. The molecule has 0 amide bonds. The molecule has 4 rings (SSSR count). The zero-order chi connectivity index (χ0) is 23.4. The van der Waals surface area contributed by atoms with Gasteiger partial charge in [-0.25, -0.2) is 0 Å². The van der Waals surface area contributed by atoms with Crippen LogP contribution < -0.4 is 10.6 Å². The van der Waals surface area contributed by atoms with Crippen molar-refractivity contribution in [1.82, 2.24) is 24.6 Å². The highest BCUT2D eigenvalue weighted by atomic mass is 16.3. The third-order valence-electron chi connectivity index (χ3n) is 5.27. The number of aromatic nitrogens is 5. The summed E-state index contributed by atoms with van der Waals surface area (Å²) < 4.78 is 6.72. The number of hydrogen-bond donors (Lipinski definition) is 5. The Kier molecular flexibility index (Phi) is 6.82. The fourth-order valence-electron chi connectivity index (χ4n) is 3.33. The zero-order valence-corrected chi connectivity index (χ0v) is 18.4. The number of aliphatic hydroxyl groups excluding tert-OH is 3. The van der Waals surface area contributed by atoms with E-state index in [-0.39, 0.29) is 11.9 Å². The molecule has 174 valence electrons. The average Bonchev–Trinajstić information content (AvgIpc) is 3.51. The Labute approximate surface area is 190 Å². The van der Waals surface area contributed by atoms with E-state index in [2.05, 4.69) is 30.7 Å². The first-order valence-corrected chi connectivity index (χ1v) is 10.6. The van der Waals surface area contributed by atoms with Crippen LogP contribution in [-0.2, 0) is 6.54 Å². The number of anilines is 2. The molecule has 2 atom stereocenters. The molecule has 0 aliphatic rings. The third kappa shape index (κ3) is 4.95. The number of pyridine rings is 1. The van der Waals surface area contributed by atoms with Crippen LogP contribution in [0.3, 0.4) is 0 Å². The van der Waals surface area contributed by atoms with Crippen LogP contribution in [0.1, 0.15) is 30.9 Å². The molecule has 4 aromatic heterocycles. The highest BCUT2D eigenvalue weighted by Gasteiger charge is 2.21. The molecule has 0 saturated heterocycles. The van der Waals surface area contributed by atoms with E-state index in [4.69, 9.17) is 4.42 Å². The van der Waals surface area contributed by atoms with Gasteiger partial charge in [0.05, 0.1) is 49.8 Å². The second-order valence-corrected chi connectivity index (χ2v) is 7.96. The second kappa shape index (κ2) is 9.94. The fraction of sp³-hybridized carbons (Fsp3) is 0.364. The van der Waals surface area contributed by atoms with Gasteiger partial charge in [-0.05, 0) is 23.6 Å². The lowest BCUT2D eigenvalue weighted by Gasteiger charge is -2.21. The standard InChI is InChI=1S/C22H27N7O4/c1-13(2)16-9-25-29-20(16)27-21(26-18(10-30)19(32)11-31)28-22(29)24-8-14-3-4-17(23-7-14)15-5-6-33-12-15/h3-7,9,12-13,18-19,30-32H,8,10-11H2,1-2H3,(H2,24,26,27,28)/t18-,19+/m0/s1. The predicted octanol–water partition coefficient (Wildman–Crippen LogP) is 1.64. The van der Waals surface area contributed by atoms with Crippen molar-refractivity contribution in [2.75, 3.05) is 23.8 Å². The summed E-state index contributed by atoms with van der Waals surface area (Å²) in [6, 6.07) is 4.90. The molecule has 0 aliphatic carbocycles. The van der Waals surface area contributed by atoms with Gasteiger partial charge in [-0.3, -0.25) is 4.98 Å². The van der Waals surface area contributed by atoms with Crippen LogP contribution in [0.2, 0.25) is 0 Å². The van der Waals surface area contributed by atoms with Crippen LogP contribution in [-0.4, -0.2) is 65.2 Å². The number of fused-ring (bicyclic) bond motifs is 1. The molecule has 0 unspecified atom stereocenters. The van der Waals surface area contributed by atoms with Gasteiger partial charge in [-0.1, -0.05) is 19.9 Å². The van der Waals surface area contributed by atoms with Gasteiger partial charge in [0.15, 0.2) is 5.65 Å². The third-order valence-corrected chi connectivity index (χ3v) is 5.27. The molecule has 4 aromatic rings. The van der Waals surface area contributed by atoms with E-state index < -0.39 is 25.4 Å². The predicted molar refractivity (Wildman–Crippen MR) is 122 cm³/mol. The van der Waals surface area contributed by atoms with Crippen molar-refractivity contribution >= 4 is 17.5 Å². The Bertz CT molecular complexity index is 1180. The van der Waals surface area contributed by atoms with E-state index >= 15 is 0 Å². The molecule has 0 aliphatic heterocycles. The summed E-state index contributed by atoms with van der Waals surface area (Å²) >= 11 is 0. The molecule has 0 saturated carbocycles. The summed E-state index contributed by atoms with van der Waals surface area (Å²) in [5.74, 6) is 0.810. The highest BCUT2D eigenvalue weighted by Crippen LogP contribution is 2.23. The zero-order valence-electron chi connectivity index (χ0n) is 18.4. The summed E-state index contributed by atoms with van der Waals surface area (Å²) in [7, 11) is 0. The van der Waals surface area contributed by atoms with E-state index in [1.165, 1.54) is 0 Å². The van der Waals surface area contributed by atoms with Gasteiger partial charge in [0, 0.05) is 23.9 Å². The number of nitrogens with zero attached hydrogens (tertiary/aromatic N) is 5. The van der Waals surface area contributed by atoms with Gasteiger partial charge in [0.1, 0.15) is 0 Å². The summed E-state index contributed by atoms with van der Waals surface area (Å²) in [6.07, 6.45) is 5.60. The van der Waals surface area contributed by atoms with E-state index in [0.29, 0.717) is 18.1 Å². The molecular weight excluding hydrogens is 426 g/mol. The van der Waals surface area contributed by atoms with Crippen LogP contribution in [0.5, 0.6) is 0 Å². The molecule has 0 aromatic carbocycles. The lowest BCUT2D eigenvalue weighted by atomic mass is 10.1. The Morgan fingerprint density at radius 2 is 1.94 bits per heavy atom. The molecule has 11 nitrogen and oxygen atoms in total. The quantitative estimate of drug-likeness (QED) is 0.239. The fourth-order valence-corrected chi connectivity index (χ4v) is 3.33. The SMILES string of the molecule is CC(C)c1cnn2c(NCc3ccc(-c4ccoc4)nc3)nc(N[C@@H](CO)[C@H](O)CO)nc12. The van der Waals surface area contributed by atoms with Gasteiger partial charge in [0.2, 0.25) is 11.9 Å². The van der Waals surface area contributed by atoms with Gasteiger partial charge < -0.3 is 30.4 Å². The molecule has 5 N–H and O–H groups in total. The molecule has 4 heterocycles. The van der Waals surface area contributed by atoms with E-state index in [9.17, 15) is 15.3 Å². The van der Waals surface area contributed by atoms with Crippen molar-refractivity contribution in [3.8, 4) is 11.3 Å². The van der Waals surface area contributed by atoms with Crippen molar-refractivity contribution in [3.63, 3.8) is 0 Å². The lowest BCUT2D eigenvalue weighted by molar-refractivity contribution is 0.0610. The Hall–Kier alpha value is -3.54. The van der Waals surface area contributed by atoms with Crippen LogP contribution in [0, 0.1) is 0 Å². The van der Waals surface area contributed by atoms with E-state index in [1.54, 1.807) is 29.4 Å². The summed E-state index contributed by atoms with van der Waals surface area (Å²) in [4.78, 5) is 13.5. The number of hydrogen-bond acceptors (Lipinski definition) is 10. The van der Waals surface area contributed by atoms with Crippen molar-refractivity contribution in [2.45, 2.75) is 38.5 Å². The first kappa shape index (κ1) is 22.6. The minimum absolute atomic E-state index is 0.175. The molecule has 0 spiro atoms. The molecule has 0 radical (unpaired) electrons. The first-order valence-electron chi connectivity index (χ1n) is 10.6. The molecule has 11 heteroatoms. The monoisotopic (exact) mass is 453 g/mol. The summed E-state index contributed by atoms with van der Waals surface area (Å²) in [5.41, 5.74) is 4.19. The number of rotatable bonds is 10. The number of furan rings is 1. The maximum atomic E-state index is 9.93. The van der Waals surface area contributed by atoms with Crippen molar-refractivity contribution in [1.29, 1.82) is 0 Å². The second-order valence-electron chi connectivity index (χ2n) is 7.96. The van der Waals surface area contributed by atoms with Crippen LogP contribution in [0.15, 0.2) is 47.5 Å². The molecular formula is C22H27N7O4. The number of aliphatic hydroxyl groups is 3. The van der Waals surface area contributed by atoms with Crippen molar-refractivity contribution < 1.29 is 19.7 Å². The topological polar surface area (TPSA) is 154 Å². The largest absolute Gasteiger partial charge is 0.472 e. The maximum Gasteiger partial charge on any atom is 0.229 e. The lowest BCUT2D eigenvalue weighted by Crippen LogP contribution is -2.39. The van der Waals surface area contributed by atoms with Gasteiger partial charge >= 0.3 is 0 Å². The smallest absolute Gasteiger partial charge is 0.229 e.